The number of rotatable bonds is 6. The zero-order valence-corrected chi connectivity index (χ0v) is 14.3. The van der Waals surface area contributed by atoms with Gasteiger partial charge >= 0.3 is 0 Å². The van der Waals surface area contributed by atoms with Crippen molar-refractivity contribution in [2.45, 2.75) is 13.8 Å². The number of halogens is 1. The molecule has 7 heteroatoms. The topological polar surface area (TPSA) is 97.4 Å². The third-order valence-electron chi connectivity index (χ3n) is 3.59. The minimum atomic E-state index is -0.368. The zero-order chi connectivity index (χ0) is 17.7. The molecule has 0 aliphatic carbocycles. The molecule has 2 rings (SSSR count). The molecular formula is C17H20ClN3O3. The monoisotopic (exact) mass is 349 g/mol. The highest BCUT2D eigenvalue weighted by molar-refractivity contribution is 6.31. The molecule has 0 bridgehead atoms. The molecule has 0 saturated carbocycles. The molecule has 1 aromatic heterocycles. The van der Waals surface area contributed by atoms with Crippen LogP contribution in [0.2, 0.25) is 5.02 Å². The van der Waals surface area contributed by atoms with Crippen LogP contribution in [0.3, 0.4) is 0 Å². The van der Waals surface area contributed by atoms with E-state index < -0.39 is 0 Å². The predicted octanol–water partition coefficient (Wildman–Crippen LogP) is 2.82. The number of benzene rings is 1. The Balaban J connectivity index is 2.20. The van der Waals surface area contributed by atoms with Crippen molar-refractivity contribution in [3.05, 3.63) is 52.4 Å². The number of aryl methyl sites for hydroxylation is 1. The lowest BCUT2D eigenvalue weighted by atomic mass is 10.1. The summed E-state index contributed by atoms with van der Waals surface area (Å²) >= 11 is 5.99. The van der Waals surface area contributed by atoms with Crippen LogP contribution in [0.1, 0.15) is 33.4 Å². The maximum absolute atomic E-state index is 12.4. The molecule has 1 heterocycles. The van der Waals surface area contributed by atoms with E-state index in [9.17, 15) is 9.59 Å². The number of hydrogen-bond donors (Lipinski definition) is 3. The average molecular weight is 350 g/mol. The maximum atomic E-state index is 12.4. The molecule has 6 nitrogen and oxygen atoms in total. The number of anilines is 1. The second kappa shape index (κ2) is 7.99. The lowest BCUT2D eigenvalue weighted by Crippen LogP contribution is -2.32. The third-order valence-corrected chi connectivity index (χ3v) is 3.83. The van der Waals surface area contributed by atoms with Crippen LogP contribution in [-0.4, -0.2) is 24.9 Å². The van der Waals surface area contributed by atoms with E-state index in [1.165, 1.54) is 12.3 Å². The van der Waals surface area contributed by atoms with Gasteiger partial charge in [-0.25, -0.2) is 0 Å². The minimum Gasteiger partial charge on any atom is -0.469 e. The Hall–Kier alpha value is -2.31. The number of amides is 2. The van der Waals surface area contributed by atoms with Gasteiger partial charge in [-0.05, 0) is 43.7 Å². The highest BCUT2D eigenvalue weighted by Gasteiger charge is 2.17. The average Bonchev–Trinajstić information content (AvgIpc) is 2.98. The fraction of sp³-hybridized carbons (Fsp3) is 0.294. The lowest BCUT2D eigenvalue weighted by Gasteiger charge is -2.14. The highest BCUT2D eigenvalue weighted by atomic mass is 35.5. The molecule has 1 unspecified atom stereocenters. The van der Waals surface area contributed by atoms with Crippen molar-refractivity contribution in [2.24, 2.45) is 11.7 Å². The van der Waals surface area contributed by atoms with Crippen molar-refractivity contribution in [2.75, 3.05) is 18.4 Å². The first kappa shape index (κ1) is 18.0. The van der Waals surface area contributed by atoms with Gasteiger partial charge in [-0.2, -0.15) is 0 Å². The summed E-state index contributed by atoms with van der Waals surface area (Å²) < 4.78 is 5.12. The van der Waals surface area contributed by atoms with Crippen LogP contribution in [0.15, 0.2) is 34.9 Å². The van der Waals surface area contributed by atoms with Gasteiger partial charge in [0, 0.05) is 11.6 Å². The number of furan rings is 1. The van der Waals surface area contributed by atoms with Gasteiger partial charge in [-0.1, -0.05) is 18.5 Å². The Kier molecular flexibility index (Phi) is 6.00. The van der Waals surface area contributed by atoms with Crippen LogP contribution in [0.4, 0.5) is 5.69 Å². The first-order chi connectivity index (χ1) is 11.4. The van der Waals surface area contributed by atoms with Crippen molar-refractivity contribution in [3.8, 4) is 0 Å². The number of nitrogens with one attached hydrogen (secondary N) is 2. The van der Waals surface area contributed by atoms with E-state index in [-0.39, 0.29) is 17.7 Å². The molecule has 0 fully saturated rings. The highest BCUT2D eigenvalue weighted by Crippen LogP contribution is 2.22. The van der Waals surface area contributed by atoms with Gasteiger partial charge in [-0.15, -0.1) is 0 Å². The molecule has 128 valence electrons. The second-order valence-corrected chi connectivity index (χ2v) is 6.02. The summed E-state index contributed by atoms with van der Waals surface area (Å²) in [5, 5.41) is 5.92. The van der Waals surface area contributed by atoms with Gasteiger partial charge in [0.2, 0.25) is 0 Å². The predicted molar refractivity (Wildman–Crippen MR) is 93.4 cm³/mol. The van der Waals surface area contributed by atoms with Gasteiger partial charge in [0.05, 0.1) is 23.1 Å². The van der Waals surface area contributed by atoms with Gasteiger partial charge in [0.25, 0.3) is 11.8 Å². The molecule has 2 aromatic rings. The van der Waals surface area contributed by atoms with Crippen LogP contribution < -0.4 is 16.4 Å². The van der Waals surface area contributed by atoms with Crippen molar-refractivity contribution in [1.29, 1.82) is 0 Å². The Labute approximate surface area is 145 Å². The Morgan fingerprint density at radius 2 is 2.00 bits per heavy atom. The van der Waals surface area contributed by atoms with E-state index in [2.05, 4.69) is 10.6 Å². The Bertz CT molecular complexity index is 742. The number of nitrogens with two attached hydrogens (primary N) is 1. The first-order valence-corrected chi connectivity index (χ1v) is 7.93. The molecule has 24 heavy (non-hydrogen) atoms. The van der Waals surface area contributed by atoms with E-state index in [0.29, 0.717) is 40.7 Å². The fourth-order valence-electron chi connectivity index (χ4n) is 2.07. The van der Waals surface area contributed by atoms with Gasteiger partial charge in [0.15, 0.2) is 0 Å². The molecule has 1 atom stereocenters. The summed E-state index contributed by atoms with van der Waals surface area (Å²) in [5.74, 6) is -0.00996. The molecule has 1 aromatic carbocycles. The Morgan fingerprint density at radius 3 is 2.62 bits per heavy atom. The molecule has 0 saturated heterocycles. The fourth-order valence-corrected chi connectivity index (χ4v) is 2.25. The van der Waals surface area contributed by atoms with Gasteiger partial charge < -0.3 is 20.8 Å². The third kappa shape index (κ3) is 4.37. The van der Waals surface area contributed by atoms with Crippen molar-refractivity contribution in [1.82, 2.24) is 5.32 Å². The van der Waals surface area contributed by atoms with Crippen molar-refractivity contribution in [3.63, 3.8) is 0 Å². The van der Waals surface area contributed by atoms with E-state index in [4.69, 9.17) is 21.8 Å². The molecule has 0 aliphatic heterocycles. The minimum absolute atomic E-state index is 0.160. The molecular weight excluding hydrogens is 330 g/mol. The molecule has 4 N–H and O–H groups in total. The summed E-state index contributed by atoms with van der Waals surface area (Å²) in [7, 11) is 0. The zero-order valence-electron chi connectivity index (χ0n) is 13.6. The summed E-state index contributed by atoms with van der Waals surface area (Å²) in [4.78, 5) is 24.7. The van der Waals surface area contributed by atoms with E-state index in [1.54, 1.807) is 25.1 Å². The molecule has 2 amide bonds. The standard InChI is InChI=1S/C17H20ClN3O3/c1-10(8-19)9-20-16(22)14-4-3-12(18)7-15(14)21-17(23)13-5-6-24-11(13)2/h3-7,10H,8-9,19H2,1-2H3,(H,20,22)(H,21,23). The van der Waals surface area contributed by atoms with E-state index >= 15 is 0 Å². The quantitative estimate of drug-likeness (QED) is 0.747. The smallest absolute Gasteiger partial charge is 0.259 e. The van der Waals surface area contributed by atoms with Crippen LogP contribution in [0.25, 0.3) is 0 Å². The molecule has 0 spiro atoms. The summed E-state index contributed by atoms with van der Waals surface area (Å²) in [6, 6.07) is 6.28. The summed E-state index contributed by atoms with van der Waals surface area (Å²) in [6.07, 6.45) is 1.43. The van der Waals surface area contributed by atoms with E-state index in [0.717, 1.165) is 0 Å². The van der Waals surface area contributed by atoms with Gasteiger partial charge in [-0.3, -0.25) is 9.59 Å². The van der Waals surface area contributed by atoms with E-state index in [1.807, 2.05) is 6.92 Å². The molecule has 0 aliphatic rings. The lowest BCUT2D eigenvalue weighted by molar-refractivity contribution is 0.0949. The Morgan fingerprint density at radius 1 is 1.25 bits per heavy atom. The van der Waals surface area contributed by atoms with Crippen molar-refractivity contribution >= 4 is 29.1 Å². The first-order valence-electron chi connectivity index (χ1n) is 7.55. The second-order valence-electron chi connectivity index (χ2n) is 5.59. The SMILES string of the molecule is Cc1occc1C(=O)Nc1cc(Cl)ccc1C(=O)NCC(C)CN. The van der Waals surface area contributed by atoms with Crippen LogP contribution in [0.5, 0.6) is 0 Å². The van der Waals surface area contributed by atoms with Crippen molar-refractivity contribution < 1.29 is 14.0 Å². The van der Waals surface area contributed by atoms with Crippen LogP contribution in [-0.2, 0) is 0 Å². The maximum Gasteiger partial charge on any atom is 0.259 e. The van der Waals surface area contributed by atoms with Gasteiger partial charge in [0.1, 0.15) is 5.76 Å². The van der Waals surface area contributed by atoms with Crippen LogP contribution in [0, 0.1) is 12.8 Å². The molecule has 0 radical (unpaired) electrons. The normalized spacial score (nSPS) is 11.8. The summed E-state index contributed by atoms with van der Waals surface area (Å²) in [6.45, 7) is 4.55. The number of hydrogen-bond acceptors (Lipinski definition) is 4. The largest absolute Gasteiger partial charge is 0.469 e. The van der Waals surface area contributed by atoms with Crippen LogP contribution >= 0.6 is 11.6 Å². The summed E-state index contributed by atoms with van der Waals surface area (Å²) in [5.41, 5.74) is 6.62. The number of carbonyl (C=O) groups is 2. The number of carbonyl (C=O) groups excluding carboxylic acids is 2.